The number of halogens is 1. The first kappa shape index (κ1) is 20.2. The molecule has 30 heavy (non-hydrogen) atoms. The number of oxazole rings is 1. The van der Waals surface area contributed by atoms with Gasteiger partial charge in [-0.25, -0.2) is 4.98 Å². The number of anilines is 1. The maximum atomic E-state index is 12.2. The van der Waals surface area contributed by atoms with E-state index in [9.17, 15) is 9.90 Å². The summed E-state index contributed by atoms with van der Waals surface area (Å²) >= 11 is 2.20. The van der Waals surface area contributed by atoms with Crippen LogP contribution >= 0.6 is 22.6 Å². The van der Waals surface area contributed by atoms with Crippen molar-refractivity contribution in [3.05, 3.63) is 69.3 Å². The fourth-order valence-electron chi connectivity index (χ4n) is 3.16. The molecule has 0 aliphatic rings. The number of carbonyl (C=O) groups is 1. The molecule has 0 unspecified atom stereocenters. The zero-order chi connectivity index (χ0) is 21.3. The van der Waals surface area contributed by atoms with Gasteiger partial charge in [0.05, 0.1) is 5.56 Å². The third kappa shape index (κ3) is 4.40. The number of hydrogen-bond donors (Lipinski definition) is 2. The van der Waals surface area contributed by atoms with Crippen LogP contribution in [-0.2, 0) is 4.79 Å². The van der Waals surface area contributed by atoms with Gasteiger partial charge in [0.2, 0.25) is 5.89 Å². The molecule has 1 aromatic heterocycles. The maximum absolute atomic E-state index is 12.2. The monoisotopic (exact) mass is 514 g/mol. The molecule has 3 aromatic carbocycles. The Morgan fingerprint density at radius 2 is 1.90 bits per heavy atom. The average molecular weight is 514 g/mol. The van der Waals surface area contributed by atoms with Crippen LogP contribution in [0.1, 0.15) is 11.1 Å². The van der Waals surface area contributed by atoms with E-state index in [0.717, 1.165) is 20.2 Å². The van der Waals surface area contributed by atoms with Gasteiger partial charge >= 0.3 is 0 Å². The summed E-state index contributed by atoms with van der Waals surface area (Å²) < 4.78 is 12.4. The van der Waals surface area contributed by atoms with Crippen LogP contribution in [0.15, 0.2) is 59.0 Å². The summed E-state index contributed by atoms with van der Waals surface area (Å²) in [5.41, 5.74) is 4.42. The zero-order valence-electron chi connectivity index (χ0n) is 16.4. The second-order valence-electron chi connectivity index (χ2n) is 6.97. The van der Waals surface area contributed by atoms with Crippen LogP contribution < -0.4 is 10.1 Å². The number of fused-ring (bicyclic) bond motifs is 1. The number of hydrogen-bond acceptors (Lipinski definition) is 5. The minimum absolute atomic E-state index is 0.0349. The summed E-state index contributed by atoms with van der Waals surface area (Å²) in [6.07, 6.45) is 0. The molecule has 1 heterocycles. The highest BCUT2D eigenvalue weighted by molar-refractivity contribution is 14.1. The highest BCUT2D eigenvalue weighted by Crippen LogP contribution is 2.34. The average Bonchev–Trinajstić information content (AvgIpc) is 3.11. The van der Waals surface area contributed by atoms with Crippen LogP contribution in [0.25, 0.3) is 22.6 Å². The van der Waals surface area contributed by atoms with Gasteiger partial charge < -0.3 is 19.6 Å². The normalized spacial score (nSPS) is 10.9. The molecule has 0 atom stereocenters. The standard InChI is InChI=1S/C23H19IN2O4/c1-13-9-14(2)22-19(10-13)26-23(30-22)18-8-5-16(11-20(18)27)25-21(28)12-29-17-6-3-15(24)4-7-17/h3-11,27H,12H2,1-2H3,(H,25,28). The number of nitrogens with one attached hydrogen (secondary N) is 1. The Balaban J connectivity index is 1.47. The van der Waals surface area contributed by atoms with E-state index >= 15 is 0 Å². The smallest absolute Gasteiger partial charge is 0.262 e. The molecular formula is C23H19IN2O4. The van der Waals surface area contributed by atoms with Crippen molar-refractivity contribution in [1.29, 1.82) is 0 Å². The Morgan fingerprint density at radius 1 is 1.13 bits per heavy atom. The number of aryl methyl sites for hydroxylation is 2. The molecule has 0 radical (unpaired) electrons. The highest BCUT2D eigenvalue weighted by Gasteiger charge is 2.15. The van der Waals surface area contributed by atoms with Crippen LogP contribution in [0.3, 0.4) is 0 Å². The summed E-state index contributed by atoms with van der Waals surface area (Å²) in [5, 5.41) is 13.2. The van der Waals surface area contributed by atoms with Crippen molar-refractivity contribution in [1.82, 2.24) is 4.98 Å². The maximum Gasteiger partial charge on any atom is 0.262 e. The number of aromatic hydroxyl groups is 1. The quantitative estimate of drug-likeness (QED) is 0.347. The largest absolute Gasteiger partial charge is 0.507 e. The molecule has 4 rings (SSSR count). The fraction of sp³-hybridized carbons (Fsp3) is 0.130. The number of benzene rings is 3. The molecule has 152 valence electrons. The van der Waals surface area contributed by atoms with E-state index in [-0.39, 0.29) is 18.3 Å². The zero-order valence-corrected chi connectivity index (χ0v) is 18.6. The van der Waals surface area contributed by atoms with Gasteiger partial charge in [-0.15, -0.1) is 0 Å². The third-order valence-electron chi connectivity index (χ3n) is 4.52. The molecule has 1 amide bonds. The topological polar surface area (TPSA) is 84.6 Å². The van der Waals surface area contributed by atoms with E-state index < -0.39 is 0 Å². The minimum Gasteiger partial charge on any atom is -0.507 e. The van der Waals surface area contributed by atoms with Gasteiger partial charge in [0.25, 0.3) is 5.91 Å². The van der Waals surface area contributed by atoms with E-state index in [4.69, 9.17) is 9.15 Å². The second-order valence-corrected chi connectivity index (χ2v) is 8.22. The van der Waals surface area contributed by atoms with Crippen molar-refractivity contribution in [2.24, 2.45) is 0 Å². The number of phenolic OH excluding ortho intramolecular Hbond substituents is 1. The molecule has 0 aliphatic carbocycles. The number of carbonyl (C=O) groups excluding carboxylic acids is 1. The molecular weight excluding hydrogens is 495 g/mol. The number of ether oxygens (including phenoxy) is 1. The molecule has 0 saturated carbocycles. The number of phenols is 1. The highest BCUT2D eigenvalue weighted by atomic mass is 127. The Hall–Kier alpha value is -3.07. The van der Waals surface area contributed by atoms with Crippen LogP contribution in [-0.4, -0.2) is 22.6 Å². The summed E-state index contributed by atoms with van der Waals surface area (Å²) in [5.74, 6) is 0.585. The van der Waals surface area contributed by atoms with Crippen LogP contribution in [0, 0.1) is 17.4 Å². The molecule has 7 heteroatoms. The van der Waals surface area contributed by atoms with Gasteiger partial charge in [-0.2, -0.15) is 0 Å². The molecule has 0 saturated heterocycles. The summed E-state index contributed by atoms with van der Waals surface area (Å²) in [6, 6.07) is 16.2. The van der Waals surface area contributed by atoms with Crippen molar-refractivity contribution in [2.75, 3.05) is 11.9 Å². The van der Waals surface area contributed by atoms with Crippen LogP contribution in [0.2, 0.25) is 0 Å². The van der Waals surface area contributed by atoms with E-state index in [1.807, 2.05) is 38.1 Å². The van der Waals surface area contributed by atoms with Crippen molar-refractivity contribution < 1.29 is 19.1 Å². The Bertz CT molecular complexity index is 1230. The van der Waals surface area contributed by atoms with Crippen molar-refractivity contribution in [3.8, 4) is 23.0 Å². The first-order valence-corrected chi connectivity index (χ1v) is 10.4. The summed E-state index contributed by atoms with van der Waals surface area (Å²) in [7, 11) is 0. The van der Waals surface area contributed by atoms with E-state index in [1.165, 1.54) is 6.07 Å². The SMILES string of the molecule is Cc1cc(C)c2oc(-c3ccc(NC(=O)COc4ccc(I)cc4)cc3O)nc2c1. The van der Waals surface area contributed by atoms with E-state index in [0.29, 0.717) is 28.5 Å². The molecule has 0 bridgehead atoms. The predicted molar refractivity (Wildman–Crippen MR) is 124 cm³/mol. The minimum atomic E-state index is -0.325. The molecule has 4 aromatic rings. The number of rotatable bonds is 5. The van der Waals surface area contributed by atoms with Crippen molar-refractivity contribution in [3.63, 3.8) is 0 Å². The number of nitrogens with zero attached hydrogens (tertiary/aromatic N) is 1. The second kappa shape index (κ2) is 8.35. The van der Waals surface area contributed by atoms with Gasteiger partial charge in [0.15, 0.2) is 12.2 Å². The Morgan fingerprint density at radius 3 is 2.63 bits per heavy atom. The number of amides is 1. The van der Waals surface area contributed by atoms with Crippen molar-refractivity contribution in [2.45, 2.75) is 13.8 Å². The fourth-order valence-corrected chi connectivity index (χ4v) is 3.52. The molecule has 0 spiro atoms. The molecule has 2 N–H and O–H groups in total. The van der Waals surface area contributed by atoms with E-state index in [1.54, 1.807) is 24.3 Å². The van der Waals surface area contributed by atoms with Gasteiger partial charge in [0, 0.05) is 15.3 Å². The van der Waals surface area contributed by atoms with Gasteiger partial charge in [-0.1, -0.05) is 6.07 Å². The molecule has 6 nitrogen and oxygen atoms in total. The third-order valence-corrected chi connectivity index (χ3v) is 5.23. The predicted octanol–water partition coefficient (Wildman–Crippen LogP) is 5.44. The lowest BCUT2D eigenvalue weighted by Gasteiger charge is -2.09. The molecule has 0 aliphatic heterocycles. The first-order valence-electron chi connectivity index (χ1n) is 9.28. The lowest BCUT2D eigenvalue weighted by molar-refractivity contribution is -0.118. The lowest BCUT2D eigenvalue weighted by atomic mass is 10.1. The Labute approximate surface area is 187 Å². The van der Waals surface area contributed by atoms with Crippen LogP contribution in [0.4, 0.5) is 5.69 Å². The van der Waals surface area contributed by atoms with Crippen molar-refractivity contribution >= 4 is 45.3 Å². The van der Waals surface area contributed by atoms with Crippen LogP contribution in [0.5, 0.6) is 11.5 Å². The summed E-state index contributed by atoms with van der Waals surface area (Å²) in [6.45, 7) is 3.83. The van der Waals surface area contributed by atoms with Gasteiger partial charge in [0.1, 0.15) is 17.0 Å². The Kier molecular flexibility index (Phi) is 5.63. The van der Waals surface area contributed by atoms with E-state index in [2.05, 4.69) is 32.9 Å². The van der Waals surface area contributed by atoms with Gasteiger partial charge in [-0.3, -0.25) is 4.79 Å². The van der Waals surface area contributed by atoms with Gasteiger partial charge in [-0.05, 0) is 90.0 Å². The summed E-state index contributed by atoms with van der Waals surface area (Å²) in [4.78, 5) is 16.6. The molecule has 0 fully saturated rings. The number of aromatic nitrogens is 1. The first-order chi connectivity index (χ1) is 14.4. The lowest BCUT2D eigenvalue weighted by Crippen LogP contribution is -2.20.